The third kappa shape index (κ3) is 1.82. The Morgan fingerprint density at radius 3 is 3.35 bits per heavy atom. The van der Waals surface area contributed by atoms with E-state index in [0.717, 1.165) is 40.1 Å². The Morgan fingerprint density at radius 1 is 1.50 bits per heavy atom. The Balaban J connectivity index is 1.66. The van der Waals surface area contributed by atoms with E-state index in [4.69, 9.17) is 4.74 Å². The fourth-order valence-corrected chi connectivity index (χ4v) is 3.31. The summed E-state index contributed by atoms with van der Waals surface area (Å²) in [4.78, 5) is 8.28. The number of imidazole rings is 1. The molecule has 1 aliphatic rings. The molecular formula is C11H13N7OS. The Labute approximate surface area is 118 Å². The van der Waals surface area contributed by atoms with Gasteiger partial charge in [0.05, 0.1) is 23.8 Å². The summed E-state index contributed by atoms with van der Waals surface area (Å²) in [6.07, 6.45) is 2.58. The lowest BCUT2D eigenvalue weighted by Gasteiger charge is -2.20. The van der Waals surface area contributed by atoms with Crippen LogP contribution in [0.3, 0.4) is 0 Å². The van der Waals surface area contributed by atoms with Crippen LogP contribution in [-0.2, 0) is 24.3 Å². The summed E-state index contributed by atoms with van der Waals surface area (Å²) in [6.45, 7) is 1.19. The second-order valence-corrected chi connectivity index (χ2v) is 5.64. The van der Waals surface area contributed by atoms with Crippen molar-refractivity contribution in [3.63, 3.8) is 0 Å². The Bertz CT molecular complexity index is 745. The summed E-state index contributed by atoms with van der Waals surface area (Å²) < 4.78 is 6.85. The molecule has 2 N–H and O–H groups in total. The average Bonchev–Trinajstić information content (AvgIpc) is 3.14. The highest BCUT2D eigenvalue weighted by molar-refractivity contribution is 7.16. The Morgan fingerprint density at radius 2 is 2.45 bits per heavy atom. The Hall–Kier alpha value is -1.84. The van der Waals surface area contributed by atoms with Crippen molar-refractivity contribution in [1.29, 1.82) is 0 Å². The predicted octanol–water partition coefficient (Wildman–Crippen LogP) is 0.442. The fraction of sp³-hybridized carbons (Fsp3) is 0.455. The largest absolute Gasteiger partial charge is 0.377 e. The van der Waals surface area contributed by atoms with Crippen molar-refractivity contribution in [2.24, 2.45) is 0 Å². The summed E-state index contributed by atoms with van der Waals surface area (Å²) in [5, 5.41) is 17.3. The van der Waals surface area contributed by atoms with Crippen molar-refractivity contribution < 1.29 is 4.74 Å². The molecule has 4 heterocycles. The van der Waals surface area contributed by atoms with E-state index in [1.54, 1.807) is 29.3 Å². The number of hydrogen-bond acceptors (Lipinski definition) is 7. The van der Waals surface area contributed by atoms with Gasteiger partial charge >= 0.3 is 0 Å². The maximum Gasteiger partial charge on any atom is 0.234 e. The number of aromatic amines is 1. The molecule has 0 saturated heterocycles. The van der Waals surface area contributed by atoms with Crippen LogP contribution >= 0.6 is 11.3 Å². The zero-order valence-corrected chi connectivity index (χ0v) is 11.6. The molecule has 0 aliphatic carbocycles. The summed E-state index contributed by atoms with van der Waals surface area (Å²) in [5.41, 5.74) is 2.26. The number of aromatic nitrogens is 6. The minimum Gasteiger partial charge on any atom is -0.377 e. The van der Waals surface area contributed by atoms with Gasteiger partial charge in [0.2, 0.25) is 4.96 Å². The van der Waals surface area contributed by atoms with Crippen LogP contribution in [0.4, 0.5) is 0 Å². The van der Waals surface area contributed by atoms with Crippen LogP contribution in [0.1, 0.15) is 28.3 Å². The molecule has 8 nitrogen and oxygen atoms in total. The maximum atomic E-state index is 5.10. The van der Waals surface area contributed by atoms with Gasteiger partial charge in [-0.3, -0.25) is 0 Å². The highest BCUT2D eigenvalue weighted by atomic mass is 32.1. The third-order valence-electron chi connectivity index (χ3n) is 3.37. The lowest BCUT2D eigenvalue weighted by atomic mass is 10.1. The number of methoxy groups -OCH3 is 1. The van der Waals surface area contributed by atoms with Gasteiger partial charge in [-0.05, 0) is 0 Å². The zero-order chi connectivity index (χ0) is 13.5. The molecule has 1 unspecified atom stereocenters. The number of rotatable bonds is 3. The summed E-state index contributed by atoms with van der Waals surface area (Å²) in [5.74, 6) is 0.723. The molecule has 0 saturated carbocycles. The quantitative estimate of drug-likeness (QED) is 0.727. The number of H-pyrrole nitrogens is 1. The van der Waals surface area contributed by atoms with E-state index in [-0.39, 0.29) is 6.04 Å². The van der Waals surface area contributed by atoms with E-state index in [0.29, 0.717) is 6.61 Å². The topological polar surface area (TPSA) is 93.0 Å². The van der Waals surface area contributed by atoms with E-state index in [1.807, 2.05) is 0 Å². The second-order valence-electron chi connectivity index (χ2n) is 4.65. The van der Waals surface area contributed by atoms with Crippen LogP contribution in [0.5, 0.6) is 0 Å². The monoisotopic (exact) mass is 291 g/mol. The first-order valence-corrected chi connectivity index (χ1v) is 7.11. The molecule has 9 heteroatoms. The molecule has 3 aromatic heterocycles. The molecule has 0 radical (unpaired) electrons. The van der Waals surface area contributed by atoms with Crippen molar-refractivity contribution in [3.8, 4) is 0 Å². The standard InChI is InChI=1S/C11H13N7OS/c1-19-4-9-15-16-11-18(9)17-10(20-11)7-2-6-8(3-12-7)14-5-13-6/h5,7,12H,2-4H2,1H3,(H,13,14). The van der Waals surface area contributed by atoms with Gasteiger partial charge in [-0.25, -0.2) is 4.98 Å². The maximum absolute atomic E-state index is 5.10. The van der Waals surface area contributed by atoms with Gasteiger partial charge in [-0.15, -0.1) is 10.2 Å². The van der Waals surface area contributed by atoms with Crippen molar-refractivity contribution in [2.75, 3.05) is 7.11 Å². The van der Waals surface area contributed by atoms with Gasteiger partial charge in [0.1, 0.15) is 11.6 Å². The van der Waals surface area contributed by atoms with Gasteiger partial charge in [0, 0.05) is 20.1 Å². The molecule has 0 amide bonds. The van der Waals surface area contributed by atoms with Crippen LogP contribution in [0.2, 0.25) is 0 Å². The van der Waals surface area contributed by atoms with Gasteiger partial charge in [-0.2, -0.15) is 9.61 Å². The van der Waals surface area contributed by atoms with Crippen LogP contribution < -0.4 is 5.32 Å². The Kier molecular flexibility index (Phi) is 2.76. The normalized spacial score (nSPS) is 18.6. The van der Waals surface area contributed by atoms with Crippen LogP contribution in [-0.4, -0.2) is 36.9 Å². The molecule has 0 aromatic carbocycles. The molecule has 0 bridgehead atoms. The van der Waals surface area contributed by atoms with Gasteiger partial charge in [-0.1, -0.05) is 11.3 Å². The minimum absolute atomic E-state index is 0.174. The van der Waals surface area contributed by atoms with Gasteiger partial charge in [0.25, 0.3) is 0 Å². The lowest BCUT2D eigenvalue weighted by Crippen LogP contribution is -2.28. The first-order chi connectivity index (χ1) is 9.85. The van der Waals surface area contributed by atoms with Crippen molar-refractivity contribution >= 4 is 16.3 Å². The zero-order valence-electron chi connectivity index (χ0n) is 10.8. The second kappa shape index (κ2) is 4.62. The molecule has 1 atom stereocenters. The van der Waals surface area contributed by atoms with E-state index >= 15 is 0 Å². The predicted molar refractivity (Wildman–Crippen MR) is 71.2 cm³/mol. The van der Waals surface area contributed by atoms with Crippen LogP contribution in [0.25, 0.3) is 4.96 Å². The average molecular weight is 291 g/mol. The first-order valence-electron chi connectivity index (χ1n) is 6.29. The van der Waals surface area contributed by atoms with E-state index < -0.39 is 0 Å². The SMILES string of the molecule is COCc1nnc2sc(C3Cc4nc[nH]c4CN3)nn12. The molecule has 1 aliphatic heterocycles. The van der Waals surface area contributed by atoms with Gasteiger partial charge in [0.15, 0.2) is 5.82 Å². The van der Waals surface area contributed by atoms with Gasteiger partial charge < -0.3 is 15.0 Å². The third-order valence-corrected chi connectivity index (χ3v) is 4.39. The lowest BCUT2D eigenvalue weighted by molar-refractivity contribution is 0.176. The molecule has 0 spiro atoms. The van der Waals surface area contributed by atoms with Crippen molar-refractivity contribution in [1.82, 2.24) is 35.1 Å². The summed E-state index contributed by atoms with van der Waals surface area (Å²) in [7, 11) is 1.64. The van der Waals surface area contributed by atoms with Crippen LogP contribution in [0, 0.1) is 0 Å². The number of hydrogen-bond donors (Lipinski definition) is 2. The summed E-state index contributed by atoms with van der Waals surface area (Å²) in [6, 6.07) is 0.174. The van der Waals surface area contributed by atoms with Crippen molar-refractivity contribution in [3.05, 3.63) is 28.5 Å². The van der Waals surface area contributed by atoms with E-state index in [1.165, 1.54) is 0 Å². The molecule has 0 fully saturated rings. The smallest absolute Gasteiger partial charge is 0.234 e. The van der Waals surface area contributed by atoms with E-state index in [9.17, 15) is 0 Å². The first kappa shape index (κ1) is 11.9. The minimum atomic E-state index is 0.174. The number of nitrogens with zero attached hydrogens (tertiary/aromatic N) is 5. The number of fused-ring (bicyclic) bond motifs is 2. The number of ether oxygens (including phenoxy) is 1. The van der Waals surface area contributed by atoms with Crippen LogP contribution in [0.15, 0.2) is 6.33 Å². The molecular weight excluding hydrogens is 278 g/mol. The fourth-order valence-electron chi connectivity index (χ4n) is 2.38. The molecule has 3 aromatic rings. The highest BCUT2D eigenvalue weighted by Crippen LogP contribution is 2.27. The van der Waals surface area contributed by atoms with E-state index in [2.05, 4.69) is 30.6 Å². The van der Waals surface area contributed by atoms with Crippen molar-refractivity contribution in [2.45, 2.75) is 25.6 Å². The molecule has 4 rings (SSSR count). The molecule has 104 valence electrons. The molecule has 20 heavy (non-hydrogen) atoms. The highest BCUT2D eigenvalue weighted by Gasteiger charge is 2.25. The summed E-state index contributed by atoms with van der Waals surface area (Å²) >= 11 is 1.55. The number of nitrogens with one attached hydrogen (secondary N) is 2.